The molecule has 2 N–H and O–H groups in total. The Bertz CT molecular complexity index is 803. The summed E-state index contributed by atoms with van der Waals surface area (Å²) < 4.78 is 10.9. The van der Waals surface area contributed by atoms with Crippen molar-refractivity contribution in [3.63, 3.8) is 0 Å². The van der Waals surface area contributed by atoms with Crippen LogP contribution in [-0.4, -0.2) is 49.6 Å². The number of nitrogens with zero attached hydrogens (tertiary/aromatic N) is 1. The van der Waals surface area contributed by atoms with Crippen molar-refractivity contribution in [3.05, 3.63) is 65.7 Å². The number of nitrogen functional groups attached to an aromatic ring is 1. The number of benzene rings is 2. The van der Waals surface area contributed by atoms with E-state index >= 15 is 0 Å². The summed E-state index contributed by atoms with van der Waals surface area (Å²) in [7, 11) is 0. The van der Waals surface area contributed by atoms with E-state index in [0.717, 1.165) is 0 Å². The second-order valence-corrected chi connectivity index (χ2v) is 6.31. The Morgan fingerprint density at radius 3 is 2.33 bits per heavy atom. The quantitative estimate of drug-likeness (QED) is 0.364. The summed E-state index contributed by atoms with van der Waals surface area (Å²) in [5, 5.41) is 0. The number of para-hydroxylation sites is 1. The SMILES string of the molecule is CCOC(=O)C(C(=O)c1ccccc1N)(c1ccccc1)N1CCOCC1. The number of ether oxygens (including phenoxy) is 2. The molecular formula is C21H24N2O4. The molecule has 6 heteroatoms. The standard InChI is InChI=1S/C21H24N2O4/c1-2-27-20(25)21(16-8-4-3-5-9-16,23-12-14-26-15-13-23)19(24)17-10-6-7-11-18(17)22/h3-11H,2,12-15,22H2,1H3. The first-order chi connectivity index (χ1) is 13.1. The molecule has 0 saturated carbocycles. The van der Waals surface area contributed by atoms with E-state index in [9.17, 15) is 9.59 Å². The molecule has 1 saturated heterocycles. The van der Waals surface area contributed by atoms with Crippen LogP contribution in [0.4, 0.5) is 5.69 Å². The number of ketones is 1. The molecule has 1 heterocycles. The average molecular weight is 368 g/mol. The second kappa shape index (κ2) is 8.33. The minimum Gasteiger partial charge on any atom is -0.464 e. The molecule has 1 fully saturated rings. The molecule has 2 aromatic rings. The van der Waals surface area contributed by atoms with E-state index in [4.69, 9.17) is 15.2 Å². The number of Topliss-reactive ketones (excluding diaryl/α,β-unsaturated/α-hetero) is 1. The van der Waals surface area contributed by atoms with E-state index in [-0.39, 0.29) is 12.4 Å². The Morgan fingerprint density at radius 1 is 1.07 bits per heavy atom. The molecule has 0 radical (unpaired) electrons. The molecule has 0 aromatic heterocycles. The lowest BCUT2D eigenvalue weighted by Gasteiger charge is -2.42. The summed E-state index contributed by atoms with van der Waals surface area (Å²) in [6.07, 6.45) is 0. The molecule has 27 heavy (non-hydrogen) atoms. The number of rotatable bonds is 6. The lowest BCUT2D eigenvalue weighted by atomic mass is 9.80. The van der Waals surface area contributed by atoms with Crippen LogP contribution in [0.1, 0.15) is 22.8 Å². The Kier molecular flexibility index (Phi) is 5.88. The van der Waals surface area contributed by atoms with Crippen LogP contribution in [0.3, 0.4) is 0 Å². The van der Waals surface area contributed by atoms with Gasteiger partial charge in [-0.2, -0.15) is 0 Å². The number of anilines is 1. The van der Waals surface area contributed by atoms with Gasteiger partial charge in [0.1, 0.15) is 0 Å². The molecule has 3 rings (SSSR count). The molecule has 0 aliphatic carbocycles. The Hall–Kier alpha value is -2.70. The average Bonchev–Trinajstić information content (AvgIpc) is 2.71. The number of hydrogen-bond acceptors (Lipinski definition) is 6. The molecule has 142 valence electrons. The largest absolute Gasteiger partial charge is 0.464 e. The monoisotopic (exact) mass is 368 g/mol. The maximum Gasteiger partial charge on any atom is 0.339 e. The van der Waals surface area contributed by atoms with Crippen LogP contribution < -0.4 is 5.73 Å². The summed E-state index contributed by atoms with van der Waals surface area (Å²) in [6, 6.07) is 15.8. The van der Waals surface area contributed by atoms with Gasteiger partial charge in [0.15, 0.2) is 0 Å². The summed E-state index contributed by atoms with van der Waals surface area (Å²) in [6.45, 7) is 3.65. The smallest absolute Gasteiger partial charge is 0.339 e. The molecule has 2 aromatic carbocycles. The van der Waals surface area contributed by atoms with E-state index in [1.807, 2.05) is 23.1 Å². The van der Waals surface area contributed by atoms with Gasteiger partial charge in [-0.3, -0.25) is 9.69 Å². The van der Waals surface area contributed by atoms with Crippen LogP contribution in [0.25, 0.3) is 0 Å². The predicted octanol–water partition coefficient (Wildman–Crippen LogP) is 2.24. The van der Waals surface area contributed by atoms with Crippen LogP contribution in [0.15, 0.2) is 54.6 Å². The number of morpholine rings is 1. The van der Waals surface area contributed by atoms with Gasteiger partial charge < -0.3 is 15.2 Å². The van der Waals surface area contributed by atoms with Crippen molar-refractivity contribution in [1.29, 1.82) is 0 Å². The first-order valence-corrected chi connectivity index (χ1v) is 9.07. The van der Waals surface area contributed by atoms with Crippen molar-refractivity contribution in [2.75, 3.05) is 38.6 Å². The zero-order valence-corrected chi connectivity index (χ0v) is 15.4. The van der Waals surface area contributed by atoms with Gasteiger partial charge in [0, 0.05) is 24.3 Å². The number of carbonyl (C=O) groups excluding carboxylic acids is 2. The molecule has 1 aliphatic heterocycles. The van der Waals surface area contributed by atoms with Crippen molar-refractivity contribution < 1.29 is 19.1 Å². The lowest BCUT2D eigenvalue weighted by Crippen LogP contribution is -2.61. The fourth-order valence-corrected chi connectivity index (χ4v) is 3.51. The molecule has 0 bridgehead atoms. The highest BCUT2D eigenvalue weighted by molar-refractivity contribution is 6.18. The molecular weight excluding hydrogens is 344 g/mol. The second-order valence-electron chi connectivity index (χ2n) is 6.31. The molecule has 6 nitrogen and oxygen atoms in total. The number of esters is 1. The van der Waals surface area contributed by atoms with Gasteiger partial charge in [0.2, 0.25) is 11.3 Å². The first-order valence-electron chi connectivity index (χ1n) is 9.07. The van der Waals surface area contributed by atoms with Crippen LogP contribution in [-0.2, 0) is 19.8 Å². The topological polar surface area (TPSA) is 81.9 Å². The molecule has 1 atom stereocenters. The Labute approximate surface area is 158 Å². The molecule has 0 spiro atoms. The highest BCUT2D eigenvalue weighted by atomic mass is 16.5. The van der Waals surface area contributed by atoms with Gasteiger partial charge in [-0.15, -0.1) is 0 Å². The number of hydrogen-bond donors (Lipinski definition) is 1. The van der Waals surface area contributed by atoms with E-state index in [0.29, 0.717) is 43.1 Å². The third kappa shape index (κ3) is 3.46. The number of carbonyl (C=O) groups is 2. The van der Waals surface area contributed by atoms with Gasteiger partial charge in [-0.1, -0.05) is 42.5 Å². The van der Waals surface area contributed by atoms with Gasteiger partial charge >= 0.3 is 5.97 Å². The van der Waals surface area contributed by atoms with Crippen LogP contribution in [0.2, 0.25) is 0 Å². The highest BCUT2D eigenvalue weighted by Crippen LogP contribution is 2.36. The van der Waals surface area contributed by atoms with Gasteiger partial charge in [-0.05, 0) is 24.6 Å². The Morgan fingerprint density at radius 2 is 1.70 bits per heavy atom. The van der Waals surface area contributed by atoms with Crippen molar-refractivity contribution >= 4 is 17.4 Å². The van der Waals surface area contributed by atoms with Crippen molar-refractivity contribution in [3.8, 4) is 0 Å². The van der Waals surface area contributed by atoms with Gasteiger partial charge in [0.25, 0.3) is 0 Å². The summed E-state index contributed by atoms with van der Waals surface area (Å²) in [5.41, 5.74) is 5.69. The lowest BCUT2D eigenvalue weighted by molar-refractivity contribution is -0.158. The third-order valence-electron chi connectivity index (χ3n) is 4.78. The van der Waals surface area contributed by atoms with Crippen LogP contribution in [0, 0.1) is 0 Å². The van der Waals surface area contributed by atoms with E-state index in [2.05, 4.69) is 0 Å². The van der Waals surface area contributed by atoms with Gasteiger partial charge in [0.05, 0.1) is 19.8 Å². The van der Waals surface area contributed by atoms with E-state index in [1.54, 1.807) is 43.3 Å². The van der Waals surface area contributed by atoms with Crippen LogP contribution in [0.5, 0.6) is 0 Å². The molecule has 1 unspecified atom stereocenters. The Balaban J connectivity index is 2.23. The van der Waals surface area contributed by atoms with Crippen LogP contribution >= 0.6 is 0 Å². The molecule has 1 aliphatic rings. The zero-order chi connectivity index (χ0) is 19.3. The molecule has 0 amide bonds. The fourth-order valence-electron chi connectivity index (χ4n) is 3.51. The minimum absolute atomic E-state index is 0.176. The van der Waals surface area contributed by atoms with Gasteiger partial charge in [-0.25, -0.2) is 4.79 Å². The predicted molar refractivity (Wildman–Crippen MR) is 102 cm³/mol. The first kappa shape index (κ1) is 19.1. The maximum absolute atomic E-state index is 13.8. The summed E-state index contributed by atoms with van der Waals surface area (Å²) >= 11 is 0. The zero-order valence-electron chi connectivity index (χ0n) is 15.4. The van der Waals surface area contributed by atoms with E-state index < -0.39 is 11.5 Å². The van der Waals surface area contributed by atoms with Crippen molar-refractivity contribution in [1.82, 2.24) is 4.90 Å². The number of nitrogens with two attached hydrogens (primary N) is 1. The normalized spacial score (nSPS) is 17.1. The fraction of sp³-hybridized carbons (Fsp3) is 0.333. The van der Waals surface area contributed by atoms with E-state index in [1.165, 1.54) is 0 Å². The summed E-state index contributed by atoms with van der Waals surface area (Å²) in [5.74, 6) is -0.974. The van der Waals surface area contributed by atoms with Crippen molar-refractivity contribution in [2.45, 2.75) is 12.5 Å². The third-order valence-corrected chi connectivity index (χ3v) is 4.78. The van der Waals surface area contributed by atoms with Crippen molar-refractivity contribution in [2.24, 2.45) is 0 Å². The summed E-state index contributed by atoms with van der Waals surface area (Å²) in [4.78, 5) is 29.0. The maximum atomic E-state index is 13.8. The highest BCUT2D eigenvalue weighted by Gasteiger charge is 2.54. The minimum atomic E-state index is -1.60.